The molecular formula is C14H17N3S. The molecule has 2 aliphatic heterocycles. The molecule has 2 aliphatic rings. The van der Waals surface area contributed by atoms with E-state index in [0.717, 1.165) is 11.6 Å². The molecule has 18 heavy (non-hydrogen) atoms. The molecule has 1 aromatic heterocycles. The molecule has 0 radical (unpaired) electrons. The van der Waals surface area contributed by atoms with Crippen LogP contribution in [0.3, 0.4) is 0 Å². The van der Waals surface area contributed by atoms with Gasteiger partial charge in [-0.2, -0.15) is 0 Å². The molecule has 1 atom stereocenters. The van der Waals surface area contributed by atoms with Crippen LogP contribution in [-0.2, 0) is 0 Å². The highest BCUT2D eigenvalue weighted by atomic mass is 32.1. The molecule has 0 N–H and O–H groups in total. The second-order valence-corrected chi connectivity index (χ2v) is 6.17. The monoisotopic (exact) mass is 259 g/mol. The molecule has 0 saturated carbocycles. The van der Waals surface area contributed by atoms with Gasteiger partial charge in [-0.05, 0) is 37.6 Å². The Labute approximate surface area is 111 Å². The SMILES string of the molecule is c1nc2ccc(N3CCN4CCC[C@@H]4C3)cc2s1. The zero-order chi connectivity index (χ0) is 11.9. The smallest absolute Gasteiger partial charge is 0.0813 e. The molecule has 1 aromatic carbocycles. The van der Waals surface area contributed by atoms with Gasteiger partial charge in [-0.15, -0.1) is 11.3 Å². The molecule has 0 spiro atoms. The minimum Gasteiger partial charge on any atom is -0.369 e. The number of anilines is 1. The standard InChI is InChI=1S/C14H17N3S/c1-2-12-9-17(7-6-16(12)5-1)11-3-4-13-14(8-11)18-10-15-13/h3-4,8,10,12H,1-2,5-7,9H2/t12-/m1/s1. The highest BCUT2D eigenvalue weighted by molar-refractivity contribution is 7.16. The van der Waals surface area contributed by atoms with E-state index in [-0.39, 0.29) is 0 Å². The maximum absolute atomic E-state index is 4.35. The van der Waals surface area contributed by atoms with Crippen LogP contribution in [0, 0.1) is 0 Å². The Balaban J connectivity index is 1.62. The van der Waals surface area contributed by atoms with Crippen LogP contribution in [0.1, 0.15) is 12.8 Å². The fourth-order valence-electron chi connectivity index (χ4n) is 3.27. The average Bonchev–Trinajstić information content (AvgIpc) is 3.05. The minimum absolute atomic E-state index is 0.788. The maximum atomic E-state index is 4.35. The van der Waals surface area contributed by atoms with Crippen molar-refractivity contribution >= 4 is 27.2 Å². The van der Waals surface area contributed by atoms with Crippen LogP contribution in [0.4, 0.5) is 5.69 Å². The Morgan fingerprint density at radius 3 is 3.22 bits per heavy atom. The second kappa shape index (κ2) is 4.21. The fraction of sp³-hybridized carbons (Fsp3) is 0.500. The van der Waals surface area contributed by atoms with Gasteiger partial charge in [-0.25, -0.2) is 4.98 Å². The number of benzene rings is 1. The van der Waals surface area contributed by atoms with Crippen molar-refractivity contribution in [2.24, 2.45) is 0 Å². The number of thiazole rings is 1. The van der Waals surface area contributed by atoms with Gasteiger partial charge in [0, 0.05) is 31.4 Å². The van der Waals surface area contributed by atoms with Crippen LogP contribution < -0.4 is 4.90 Å². The number of hydrogen-bond donors (Lipinski definition) is 0. The Hall–Kier alpha value is -1.13. The molecule has 0 amide bonds. The quantitative estimate of drug-likeness (QED) is 0.784. The van der Waals surface area contributed by atoms with Crippen molar-refractivity contribution in [1.29, 1.82) is 0 Å². The highest BCUT2D eigenvalue weighted by Crippen LogP contribution is 2.28. The molecule has 0 bridgehead atoms. The van der Waals surface area contributed by atoms with Gasteiger partial charge in [0.2, 0.25) is 0 Å². The first kappa shape index (κ1) is 10.8. The van der Waals surface area contributed by atoms with Crippen molar-refractivity contribution < 1.29 is 0 Å². The lowest BCUT2D eigenvalue weighted by atomic mass is 10.1. The lowest BCUT2D eigenvalue weighted by Gasteiger charge is -2.38. The van der Waals surface area contributed by atoms with E-state index in [9.17, 15) is 0 Å². The summed E-state index contributed by atoms with van der Waals surface area (Å²) in [5.74, 6) is 0. The van der Waals surface area contributed by atoms with Crippen molar-refractivity contribution in [2.45, 2.75) is 18.9 Å². The van der Waals surface area contributed by atoms with Gasteiger partial charge < -0.3 is 4.90 Å². The summed E-state index contributed by atoms with van der Waals surface area (Å²) in [4.78, 5) is 9.55. The van der Waals surface area contributed by atoms with Crippen LogP contribution >= 0.6 is 11.3 Å². The van der Waals surface area contributed by atoms with Gasteiger partial charge in [0.15, 0.2) is 0 Å². The first-order valence-corrected chi connectivity index (χ1v) is 7.60. The molecule has 2 saturated heterocycles. The van der Waals surface area contributed by atoms with Gasteiger partial charge in [0.25, 0.3) is 0 Å². The number of aromatic nitrogens is 1. The van der Waals surface area contributed by atoms with E-state index < -0.39 is 0 Å². The van der Waals surface area contributed by atoms with E-state index in [2.05, 4.69) is 33.0 Å². The van der Waals surface area contributed by atoms with E-state index in [1.807, 2.05) is 5.51 Å². The third kappa shape index (κ3) is 1.71. The summed E-state index contributed by atoms with van der Waals surface area (Å²) in [7, 11) is 0. The molecule has 4 heteroatoms. The lowest BCUT2D eigenvalue weighted by Crippen LogP contribution is -2.50. The number of piperazine rings is 1. The molecule has 2 aromatic rings. The first-order valence-electron chi connectivity index (χ1n) is 6.72. The molecule has 0 aliphatic carbocycles. The van der Waals surface area contributed by atoms with E-state index in [1.165, 1.54) is 49.4 Å². The van der Waals surface area contributed by atoms with Crippen molar-refractivity contribution in [3.8, 4) is 0 Å². The Morgan fingerprint density at radius 1 is 1.22 bits per heavy atom. The predicted molar refractivity (Wildman–Crippen MR) is 76.4 cm³/mol. The summed E-state index contributed by atoms with van der Waals surface area (Å²) < 4.78 is 1.31. The van der Waals surface area contributed by atoms with E-state index in [0.29, 0.717) is 0 Å². The van der Waals surface area contributed by atoms with Crippen molar-refractivity contribution in [1.82, 2.24) is 9.88 Å². The van der Waals surface area contributed by atoms with Gasteiger partial charge in [0.1, 0.15) is 0 Å². The zero-order valence-corrected chi connectivity index (χ0v) is 11.2. The number of rotatable bonds is 1. The number of nitrogens with zero attached hydrogens (tertiary/aromatic N) is 3. The van der Waals surface area contributed by atoms with Crippen LogP contribution in [0.25, 0.3) is 10.2 Å². The number of fused-ring (bicyclic) bond motifs is 2. The third-order valence-corrected chi connectivity index (χ3v) is 5.06. The molecule has 0 unspecified atom stereocenters. The van der Waals surface area contributed by atoms with Gasteiger partial charge >= 0.3 is 0 Å². The van der Waals surface area contributed by atoms with Crippen LogP contribution in [0.2, 0.25) is 0 Å². The summed E-state index contributed by atoms with van der Waals surface area (Å²) in [5.41, 5.74) is 4.44. The molecule has 2 fully saturated rings. The summed E-state index contributed by atoms with van der Waals surface area (Å²) in [6.07, 6.45) is 2.76. The Kier molecular flexibility index (Phi) is 2.52. The third-order valence-electron chi connectivity index (χ3n) is 4.27. The minimum atomic E-state index is 0.788. The van der Waals surface area contributed by atoms with E-state index in [4.69, 9.17) is 0 Å². The van der Waals surface area contributed by atoms with E-state index >= 15 is 0 Å². The maximum Gasteiger partial charge on any atom is 0.0813 e. The first-order chi connectivity index (χ1) is 8.90. The highest BCUT2D eigenvalue weighted by Gasteiger charge is 2.30. The predicted octanol–water partition coefficient (Wildman–Crippen LogP) is 2.58. The van der Waals surface area contributed by atoms with Gasteiger partial charge in [0.05, 0.1) is 15.7 Å². The summed E-state index contributed by atoms with van der Waals surface area (Å²) in [6.45, 7) is 4.91. The Morgan fingerprint density at radius 2 is 2.22 bits per heavy atom. The van der Waals surface area contributed by atoms with Gasteiger partial charge in [-0.1, -0.05) is 0 Å². The normalized spacial score (nSPS) is 24.7. The molecule has 3 nitrogen and oxygen atoms in total. The summed E-state index contributed by atoms with van der Waals surface area (Å²) in [6, 6.07) is 7.47. The van der Waals surface area contributed by atoms with E-state index in [1.54, 1.807) is 11.3 Å². The van der Waals surface area contributed by atoms with Crippen molar-refractivity contribution in [2.75, 3.05) is 31.1 Å². The second-order valence-electron chi connectivity index (χ2n) is 5.28. The largest absolute Gasteiger partial charge is 0.369 e. The summed E-state index contributed by atoms with van der Waals surface area (Å²) in [5, 5.41) is 0. The van der Waals surface area contributed by atoms with Crippen LogP contribution in [0.5, 0.6) is 0 Å². The fourth-order valence-corrected chi connectivity index (χ4v) is 3.98. The van der Waals surface area contributed by atoms with Crippen LogP contribution in [-0.4, -0.2) is 42.1 Å². The van der Waals surface area contributed by atoms with Gasteiger partial charge in [-0.3, -0.25) is 4.90 Å². The topological polar surface area (TPSA) is 19.4 Å². The zero-order valence-electron chi connectivity index (χ0n) is 10.4. The van der Waals surface area contributed by atoms with Crippen molar-refractivity contribution in [3.05, 3.63) is 23.7 Å². The summed E-state index contributed by atoms with van der Waals surface area (Å²) >= 11 is 1.74. The molecule has 94 valence electrons. The Bertz CT molecular complexity index is 565. The molecular weight excluding hydrogens is 242 g/mol. The van der Waals surface area contributed by atoms with Crippen LogP contribution in [0.15, 0.2) is 23.7 Å². The molecule has 4 rings (SSSR count). The average molecular weight is 259 g/mol. The number of hydrogen-bond acceptors (Lipinski definition) is 4. The lowest BCUT2D eigenvalue weighted by molar-refractivity contribution is 0.231. The van der Waals surface area contributed by atoms with Crippen molar-refractivity contribution in [3.63, 3.8) is 0 Å². The molecule has 3 heterocycles.